The molecule has 1 aliphatic heterocycles. The van der Waals surface area contributed by atoms with Gasteiger partial charge < -0.3 is 19.5 Å². The first kappa shape index (κ1) is 14.2. The van der Waals surface area contributed by atoms with E-state index in [0.717, 1.165) is 23.5 Å². The van der Waals surface area contributed by atoms with Gasteiger partial charge in [-0.25, -0.2) is 0 Å². The first-order valence-corrected chi connectivity index (χ1v) is 6.67. The standard InChI is InChI=1S/C15H23NO3/c1-11(17)14-12(6-5-7-13(14)18-4)16-8-9-19-10-15(16,2)3/h5-7,11,17H,8-10H2,1-4H3/t11-/m1/s1. The van der Waals surface area contributed by atoms with Crippen LogP contribution < -0.4 is 9.64 Å². The van der Waals surface area contributed by atoms with Gasteiger partial charge in [-0.15, -0.1) is 0 Å². The topological polar surface area (TPSA) is 41.9 Å². The van der Waals surface area contributed by atoms with Crippen molar-refractivity contribution in [2.24, 2.45) is 0 Å². The maximum atomic E-state index is 10.1. The highest BCUT2D eigenvalue weighted by Crippen LogP contribution is 2.38. The highest BCUT2D eigenvalue weighted by Gasteiger charge is 2.33. The van der Waals surface area contributed by atoms with Crippen molar-refractivity contribution in [3.8, 4) is 5.75 Å². The molecule has 1 fully saturated rings. The van der Waals surface area contributed by atoms with Crippen molar-refractivity contribution in [3.63, 3.8) is 0 Å². The van der Waals surface area contributed by atoms with E-state index in [4.69, 9.17) is 9.47 Å². The number of benzene rings is 1. The maximum Gasteiger partial charge on any atom is 0.126 e. The molecule has 106 valence electrons. The summed E-state index contributed by atoms with van der Waals surface area (Å²) in [5.74, 6) is 0.731. The summed E-state index contributed by atoms with van der Waals surface area (Å²) < 4.78 is 10.9. The number of methoxy groups -OCH3 is 1. The predicted molar refractivity (Wildman–Crippen MR) is 75.9 cm³/mol. The monoisotopic (exact) mass is 265 g/mol. The Morgan fingerprint density at radius 1 is 1.42 bits per heavy atom. The molecule has 0 aliphatic carbocycles. The summed E-state index contributed by atoms with van der Waals surface area (Å²) in [6, 6.07) is 5.89. The Kier molecular flexibility index (Phi) is 4.02. The van der Waals surface area contributed by atoms with Crippen LogP contribution in [0.4, 0.5) is 5.69 Å². The van der Waals surface area contributed by atoms with Crippen LogP contribution in [0.15, 0.2) is 18.2 Å². The van der Waals surface area contributed by atoms with Gasteiger partial charge in [-0.2, -0.15) is 0 Å². The van der Waals surface area contributed by atoms with Gasteiger partial charge in [-0.3, -0.25) is 0 Å². The van der Waals surface area contributed by atoms with Crippen LogP contribution in [0.1, 0.15) is 32.4 Å². The molecule has 0 aromatic heterocycles. The second kappa shape index (κ2) is 5.39. The van der Waals surface area contributed by atoms with Crippen LogP contribution in [0.2, 0.25) is 0 Å². The Bertz CT molecular complexity index is 443. The molecular weight excluding hydrogens is 242 g/mol. The molecule has 1 aliphatic rings. The lowest BCUT2D eigenvalue weighted by molar-refractivity contribution is 0.0639. The Balaban J connectivity index is 2.49. The fourth-order valence-electron chi connectivity index (χ4n) is 2.67. The number of anilines is 1. The van der Waals surface area contributed by atoms with E-state index in [-0.39, 0.29) is 5.54 Å². The highest BCUT2D eigenvalue weighted by molar-refractivity contribution is 5.62. The van der Waals surface area contributed by atoms with Crippen molar-refractivity contribution in [2.45, 2.75) is 32.4 Å². The Labute approximate surface area is 114 Å². The van der Waals surface area contributed by atoms with E-state index in [2.05, 4.69) is 18.7 Å². The zero-order valence-corrected chi connectivity index (χ0v) is 12.1. The van der Waals surface area contributed by atoms with Crippen molar-refractivity contribution < 1.29 is 14.6 Å². The van der Waals surface area contributed by atoms with Crippen molar-refractivity contribution >= 4 is 5.69 Å². The van der Waals surface area contributed by atoms with Crippen molar-refractivity contribution in [1.29, 1.82) is 0 Å². The van der Waals surface area contributed by atoms with Crippen LogP contribution in [0.25, 0.3) is 0 Å². The fourth-order valence-corrected chi connectivity index (χ4v) is 2.67. The van der Waals surface area contributed by atoms with Gasteiger partial charge in [0.15, 0.2) is 0 Å². The van der Waals surface area contributed by atoms with Crippen LogP contribution >= 0.6 is 0 Å². The third-order valence-corrected chi connectivity index (χ3v) is 3.62. The van der Waals surface area contributed by atoms with E-state index >= 15 is 0 Å². The maximum absolute atomic E-state index is 10.1. The van der Waals surface area contributed by atoms with Crippen LogP contribution in [0.3, 0.4) is 0 Å². The second-order valence-electron chi connectivity index (χ2n) is 5.59. The van der Waals surface area contributed by atoms with Crippen LogP contribution in [0.5, 0.6) is 5.75 Å². The predicted octanol–water partition coefficient (Wildman–Crippen LogP) is 2.36. The number of hydrogen-bond donors (Lipinski definition) is 1. The largest absolute Gasteiger partial charge is 0.496 e. The summed E-state index contributed by atoms with van der Waals surface area (Å²) in [6.45, 7) is 8.28. The summed E-state index contributed by atoms with van der Waals surface area (Å²) in [7, 11) is 1.63. The zero-order chi connectivity index (χ0) is 14.0. The molecule has 0 radical (unpaired) electrons. The van der Waals surface area contributed by atoms with E-state index < -0.39 is 6.10 Å². The minimum atomic E-state index is -0.565. The summed E-state index contributed by atoms with van der Waals surface area (Å²) in [5, 5.41) is 10.1. The number of aliphatic hydroxyl groups excluding tert-OH is 1. The summed E-state index contributed by atoms with van der Waals surface area (Å²) in [5.41, 5.74) is 1.79. The zero-order valence-electron chi connectivity index (χ0n) is 12.1. The van der Waals surface area contributed by atoms with Gasteiger partial charge in [-0.1, -0.05) is 6.07 Å². The number of morpholine rings is 1. The third-order valence-electron chi connectivity index (χ3n) is 3.62. The third kappa shape index (κ3) is 2.69. The molecular formula is C15H23NO3. The molecule has 0 saturated carbocycles. The average molecular weight is 265 g/mol. The van der Waals surface area contributed by atoms with Gasteiger partial charge >= 0.3 is 0 Å². The number of aliphatic hydroxyl groups is 1. The first-order chi connectivity index (χ1) is 8.97. The Hall–Kier alpha value is -1.26. The van der Waals surface area contributed by atoms with Gasteiger partial charge in [0.1, 0.15) is 5.75 Å². The number of hydrogen-bond acceptors (Lipinski definition) is 4. The summed E-state index contributed by atoms with van der Waals surface area (Å²) in [4.78, 5) is 2.29. The molecule has 1 atom stereocenters. The number of nitrogens with zero attached hydrogens (tertiary/aromatic N) is 1. The molecule has 4 nitrogen and oxygen atoms in total. The average Bonchev–Trinajstić information content (AvgIpc) is 2.37. The van der Waals surface area contributed by atoms with E-state index in [1.807, 2.05) is 18.2 Å². The van der Waals surface area contributed by atoms with Crippen LogP contribution in [-0.4, -0.2) is 37.5 Å². The molecule has 1 aromatic rings. The molecule has 0 amide bonds. The highest BCUT2D eigenvalue weighted by atomic mass is 16.5. The minimum Gasteiger partial charge on any atom is -0.496 e. The molecule has 1 saturated heterocycles. The van der Waals surface area contributed by atoms with E-state index in [1.54, 1.807) is 14.0 Å². The van der Waals surface area contributed by atoms with Gasteiger partial charge in [0.25, 0.3) is 0 Å². The smallest absolute Gasteiger partial charge is 0.126 e. The number of ether oxygens (including phenoxy) is 2. The molecule has 0 unspecified atom stereocenters. The van der Waals surface area contributed by atoms with Gasteiger partial charge in [0, 0.05) is 17.8 Å². The molecule has 19 heavy (non-hydrogen) atoms. The molecule has 0 spiro atoms. The second-order valence-corrected chi connectivity index (χ2v) is 5.59. The minimum absolute atomic E-state index is 0.0890. The van der Waals surface area contributed by atoms with E-state index in [0.29, 0.717) is 13.2 Å². The van der Waals surface area contributed by atoms with E-state index in [1.165, 1.54) is 0 Å². The van der Waals surface area contributed by atoms with Crippen molar-refractivity contribution in [1.82, 2.24) is 0 Å². The summed E-state index contributed by atoms with van der Waals surface area (Å²) in [6.07, 6.45) is -0.565. The SMILES string of the molecule is COc1cccc(N2CCOCC2(C)C)c1[C@@H](C)O. The van der Waals surface area contributed by atoms with Crippen molar-refractivity contribution in [2.75, 3.05) is 31.8 Å². The molecule has 2 rings (SSSR count). The molecule has 4 heteroatoms. The van der Waals surface area contributed by atoms with Crippen molar-refractivity contribution in [3.05, 3.63) is 23.8 Å². The Morgan fingerprint density at radius 3 is 2.74 bits per heavy atom. The van der Waals surface area contributed by atoms with Crippen LogP contribution in [0, 0.1) is 0 Å². The fraction of sp³-hybridized carbons (Fsp3) is 0.600. The molecule has 1 N–H and O–H groups in total. The molecule has 0 bridgehead atoms. The lowest BCUT2D eigenvalue weighted by Crippen LogP contribution is -2.53. The first-order valence-electron chi connectivity index (χ1n) is 6.67. The van der Waals surface area contributed by atoms with E-state index in [9.17, 15) is 5.11 Å². The molecule has 1 aromatic carbocycles. The lowest BCUT2D eigenvalue weighted by Gasteiger charge is -2.45. The quantitative estimate of drug-likeness (QED) is 0.911. The number of rotatable bonds is 3. The van der Waals surface area contributed by atoms with Gasteiger partial charge in [0.05, 0.1) is 32.0 Å². The lowest BCUT2D eigenvalue weighted by atomic mass is 9.97. The van der Waals surface area contributed by atoms with Crippen LogP contribution in [-0.2, 0) is 4.74 Å². The van der Waals surface area contributed by atoms with Gasteiger partial charge in [0.2, 0.25) is 0 Å². The van der Waals surface area contributed by atoms with Gasteiger partial charge in [-0.05, 0) is 32.9 Å². The molecule has 1 heterocycles. The Morgan fingerprint density at radius 2 is 2.16 bits per heavy atom. The summed E-state index contributed by atoms with van der Waals surface area (Å²) >= 11 is 0. The normalized spacial score (nSPS) is 20.2.